The number of amides is 2. The minimum Gasteiger partial charge on any atom is -0.493 e. The molecule has 1 aliphatic rings. The number of esters is 1. The highest BCUT2D eigenvalue weighted by molar-refractivity contribution is 6.00. The normalized spacial score (nSPS) is 14.7. The van der Waals surface area contributed by atoms with E-state index in [2.05, 4.69) is 5.32 Å². The third-order valence-corrected chi connectivity index (χ3v) is 5.21. The minimum absolute atomic E-state index is 0.133. The van der Waals surface area contributed by atoms with E-state index >= 15 is 0 Å². The maximum atomic E-state index is 13.0. The molecule has 2 amide bonds. The SMILES string of the molecule is CCOC(=O)CNC(=O)C1CCN(C(=O)c2oc3c(OC)cccc3c2C)CC1. The zero-order valence-corrected chi connectivity index (χ0v) is 16.9. The molecule has 1 N–H and O–H groups in total. The van der Waals surface area contributed by atoms with Crippen molar-refractivity contribution in [2.24, 2.45) is 5.92 Å². The summed E-state index contributed by atoms with van der Waals surface area (Å²) in [5, 5.41) is 3.45. The number of aryl methyl sites for hydroxylation is 1. The van der Waals surface area contributed by atoms with Gasteiger partial charge in [-0.3, -0.25) is 14.4 Å². The quantitative estimate of drug-likeness (QED) is 0.745. The Morgan fingerprint density at radius 3 is 2.62 bits per heavy atom. The van der Waals surface area contributed by atoms with Crippen LogP contribution >= 0.6 is 0 Å². The first-order valence-corrected chi connectivity index (χ1v) is 9.75. The number of fused-ring (bicyclic) bond motifs is 1. The van der Waals surface area contributed by atoms with Crippen molar-refractivity contribution >= 4 is 28.8 Å². The second-order valence-corrected chi connectivity index (χ2v) is 6.98. The number of furan rings is 1. The lowest BCUT2D eigenvalue weighted by Crippen LogP contribution is -2.44. The van der Waals surface area contributed by atoms with Crippen molar-refractivity contribution in [3.63, 3.8) is 0 Å². The van der Waals surface area contributed by atoms with Crippen LogP contribution < -0.4 is 10.1 Å². The molecule has 1 saturated heterocycles. The Labute approximate surface area is 169 Å². The van der Waals surface area contributed by atoms with E-state index in [1.54, 1.807) is 25.0 Å². The van der Waals surface area contributed by atoms with Crippen molar-refractivity contribution in [3.8, 4) is 5.75 Å². The van der Waals surface area contributed by atoms with E-state index in [0.717, 1.165) is 10.9 Å². The van der Waals surface area contributed by atoms with Crippen LogP contribution in [0.25, 0.3) is 11.0 Å². The fraction of sp³-hybridized carbons (Fsp3) is 0.476. The summed E-state index contributed by atoms with van der Waals surface area (Å²) in [6, 6.07) is 5.55. The molecule has 29 heavy (non-hydrogen) atoms. The van der Waals surface area contributed by atoms with Crippen LogP contribution in [0.2, 0.25) is 0 Å². The molecule has 0 aliphatic carbocycles. The van der Waals surface area contributed by atoms with Crippen molar-refractivity contribution in [1.82, 2.24) is 10.2 Å². The van der Waals surface area contributed by atoms with Crippen molar-refractivity contribution in [1.29, 1.82) is 0 Å². The Kier molecular flexibility index (Phi) is 6.41. The number of ether oxygens (including phenoxy) is 2. The first kappa shape index (κ1) is 20.7. The Bertz CT molecular complexity index is 911. The van der Waals surface area contributed by atoms with Gasteiger partial charge in [-0.1, -0.05) is 12.1 Å². The van der Waals surface area contributed by atoms with Gasteiger partial charge in [-0.15, -0.1) is 0 Å². The summed E-state index contributed by atoms with van der Waals surface area (Å²) in [5.74, 6) is -0.174. The van der Waals surface area contributed by atoms with E-state index in [4.69, 9.17) is 13.9 Å². The maximum Gasteiger partial charge on any atom is 0.325 e. The van der Waals surface area contributed by atoms with Gasteiger partial charge in [-0.05, 0) is 32.8 Å². The number of benzene rings is 1. The molecule has 1 aromatic carbocycles. The van der Waals surface area contributed by atoms with Crippen molar-refractivity contribution in [2.45, 2.75) is 26.7 Å². The van der Waals surface area contributed by atoms with Crippen LogP contribution in [0.4, 0.5) is 0 Å². The lowest BCUT2D eigenvalue weighted by Gasteiger charge is -2.30. The molecule has 0 unspecified atom stereocenters. The standard InChI is InChI=1S/C21H26N2O6/c1-4-28-17(24)12-22-20(25)14-8-10-23(11-9-14)21(26)18-13(2)15-6-5-7-16(27-3)19(15)29-18/h5-7,14H,4,8-12H2,1-3H3,(H,22,25). The van der Waals surface area contributed by atoms with Crippen LogP contribution in [0.15, 0.2) is 22.6 Å². The van der Waals surface area contributed by atoms with E-state index in [-0.39, 0.29) is 30.9 Å². The van der Waals surface area contributed by atoms with Crippen LogP contribution in [0, 0.1) is 12.8 Å². The molecule has 8 nitrogen and oxygen atoms in total. The van der Waals surface area contributed by atoms with Crippen molar-refractivity contribution in [3.05, 3.63) is 29.5 Å². The number of methoxy groups -OCH3 is 1. The Morgan fingerprint density at radius 2 is 1.97 bits per heavy atom. The highest BCUT2D eigenvalue weighted by Gasteiger charge is 2.30. The van der Waals surface area contributed by atoms with E-state index in [9.17, 15) is 14.4 Å². The number of likely N-dealkylation sites (tertiary alicyclic amines) is 1. The van der Waals surface area contributed by atoms with Gasteiger partial charge in [0.1, 0.15) is 6.54 Å². The highest BCUT2D eigenvalue weighted by Crippen LogP contribution is 2.33. The fourth-order valence-electron chi connectivity index (χ4n) is 3.59. The van der Waals surface area contributed by atoms with Crippen LogP contribution in [0.3, 0.4) is 0 Å². The van der Waals surface area contributed by atoms with E-state index in [1.165, 1.54) is 0 Å². The number of nitrogens with one attached hydrogen (secondary N) is 1. The molecule has 0 spiro atoms. The summed E-state index contributed by atoms with van der Waals surface area (Å²) in [7, 11) is 1.56. The van der Waals surface area contributed by atoms with Gasteiger partial charge >= 0.3 is 5.97 Å². The minimum atomic E-state index is -0.454. The molecule has 1 aliphatic heterocycles. The lowest BCUT2D eigenvalue weighted by atomic mass is 9.95. The van der Waals surface area contributed by atoms with Gasteiger partial charge in [0, 0.05) is 30.0 Å². The van der Waals surface area contributed by atoms with Crippen LogP contribution in [-0.2, 0) is 14.3 Å². The molecule has 0 saturated carbocycles. The van der Waals surface area contributed by atoms with E-state index in [0.29, 0.717) is 43.0 Å². The molecular weight excluding hydrogens is 376 g/mol. The van der Waals surface area contributed by atoms with Crippen molar-refractivity contribution in [2.75, 3.05) is 33.4 Å². The summed E-state index contributed by atoms with van der Waals surface area (Å²) in [6.45, 7) is 4.61. The zero-order chi connectivity index (χ0) is 21.0. The van der Waals surface area contributed by atoms with Gasteiger partial charge in [0.15, 0.2) is 17.1 Å². The van der Waals surface area contributed by atoms with Crippen LogP contribution in [0.1, 0.15) is 35.9 Å². The monoisotopic (exact) mass is 402 g/mol. The molecule has 0 radical (unpaired) electrons. The van der Waals surface area contributed by atoms with Gasteiger partial charge < -0.3 is 24.1 Å². The molecule has 1 aromatic heterocycles. The third kappa shape index (κ3) is 4.36. The first-order valence-electron chi connectivity index (χ1n) is 9.75. The average molecular weight is 402 g/mol. The number of nitrogens with zero attached hydrogens (tertiary/aromatic N) is 1. The second kappa shape index (κ2) is 8.98. The number of para-hydroxylation sites is 1. The Morgan fingerprint density at radius 1 is 1.24 bits per heavy atom. The molecule has 0 bridgehead atoms. The summed E-state index contributed by atoms with van der Waals surface area (Å²) >= 11 is 0. The Hall–Kier alpha value is -3.03. The number of hydrogen-bond acceptors (Lipinski definition) is 6. The molecule has 2 heterocycles. The largest absolute Gasteiger partial charge is 0.493 e. The van der Waals surface area contributed by atoms with E-state index in [1.807, 2.05) is 19.1 Å². The number of hydrogen-bond donors (Lipinski definition) is 1. The molecule has 8 heteroatoms. The summed E-state index contributed by atoms with van der Waals surface area (Å²) < 4.78 is 16.0. The smallest absolute Gasteiger partial charge is 0.325 e. The number of rotatable bonds is 6. The van der Waals surface area contributed by atoms with Gasteiger partial charge in [0.2, 0.25) is 5.91 Å². The van der Waals surface area contributed by atoms with Crippen LogP contribution in [0.5, 0.6) is 5.75 Å². The molecular formula is C21H26N2O6. The highest BCUT2D eigenvalue weighted by atomic mass is 16.5. The first-order chi connectivity index (χ1) is 14.0. The molecule has 1 fully saturated rings. The second-order valence-electron chi connectivity index (χ2n) is 6.98. The van der Waals surface area contributed by atoms with Gasteiger partial charge in [0.25, 0.3) is 5.91 Å². The Balaban J connectivity index is 1.62. The number of piperidine rings is 1. The predicted octanol–water partition coefficient (Wildman–Crippen LogP) is 2.28. The van der Waals surface area contributed by atoms with Gasteiger partial charge in [-0.2, -0.15) is 0 Å². The lowest BCUT2D eigenvalue weighted by molar-refractivity contribution is -0.144. The third-order valence-electron chi connectivity index (χ3n) is 5.21. The number of carbonyl (C=O) groups excluding carboxylic acids is 3. The summed E-state index contributed by atoms with van der Waals surface area (Å²) in [4.78, 5) is 38.3. The molecule has 156 valence electrons. The van der Waals surface area contributed by atoms with Crippen molar-refractivity contribution < 1.29 is 28.3 Å². The molecule has 2 aromatic rings. The summed E-state index contributed by atoms with van der Waals surface area (Å²) in [6.07, 6.45) is 1.06. The van der Waals surface area contributed by atoms with Gasteiger partial charge in [0.05, 0.1) is 13.7 Å². The van der Waals surface area contributed by atoms with Crippen LogP contribution in [-0.4, -0.2) is 56.0 Å². The summed E-state index contributed by atoms with van der Waals surface area (Å²) in [5.41, 5.74) is 1.34. The maximum absolute atomic E-state index is 13.0. The molecule has 3 rings (SSSR count). The predicted molar refractivity (Wildman–Crippen MR) is 106 cm³/mol. The molecule has 0 atom stereocenters. The fourth-order valence-corrected chi connectivity index (χ4v) is 3.59. The topological polar surface area (TPSA) is 98.1 Å². The van der Waals surface area contributed by atoms with E-state index < -0.39 is 5.97 Å². The zero-order valence-electron chi connectivity index (χ0n) is 16.9. The average Bonchev–Trinajstić information content (AvgIpc) is 3.08. The number of carbonyl (C=O) groups is 3. The van der Waals surface area contributed by atoms with Gasteiger partial charge in [-0.25, -0.2) is 0 Å².